The summed E-state index contributed by atoms with van der Waals surface area (Å²) in [7, 11) is 1.45. The number of nitrogens with one attached hydrogen (secondary N) is 2. The number of phenols is 2. The zero-order valence-electron chi connectivity index (χ0n) is 11.1. The maximum Gasteiger partial charge on any atom is 0.273 e. The van der Waals surface area contributed by atoms with Crippen LogP contribution in [0.15, 0.2) is 36.4 Å². The molecule has 0 fully saturated rings. The van der Waals surface area contributed by atoms with Gasteiger partial charge in [-0.25, -0.2) is 0 Å². The second-order valence-corrected chi connectivity index (χ2v) is 4.56. The number of carbonyl (C=O) groups excluding carboxylic acids is 1. The molecule has 7 heteroatoms. The summed E-state index contributed by atoms with van der Waals surface area (Å²) in [6.07, 6.45) is 0. The number of rotatable bonds is 4. The molecular formula is C14H13ClN2O4. The molecule has 0 bridgehead atoms. The van der Waals surface area contributed by atoms with Gasteiger partial charge < -0.3 is 14.9 Å². The Morgan fingerprint density at radius 3 is 2.57 bits per heavy atom. The Balaban J connectivity index is 2.11. The average molecular weight is 309 g/mol. The molecule has 0 atom stereocenters. The van der Waals surface area contributed by atoms with Crippen LogP contribution in [0.4, 0.5) is 5.69 Å². The van der Waals surface area contributed by atoms with Gasteiger partial charge in [0.15, 0.2) is 11.5 Å². The lowest BCUT2D eigenvalue weighted by Gasteiger charge is -2.12. The molecular weight excluding hydrogens is 296 g/mol. The van der Waals surface area contributed by atoms with Crippen LogP contribution >= 0.6 is 11.6 Å². The SMILES string of the molecule is COc1ccc(Cl)cc1C(=O)NNc1ccc(O)c(O)c1. The van der Waals surface area contributed by atoms with Crippen LogP contribution in [0.3, 0.4) is 0 Å². The van der Waals surface area contributed by atoms with Crippen molar-refractivity contribution >= 4 is 23.2 Å². The van der Waals surface area contributed by atoms with Gasteiger partial charge in [0.2, 0.25) is 0 Å². The topological polar surface area (TPSA) is 90.8 Å². The van der Waals surface area contributed by atoms with Gasteiger partial charge in [-0.2, -0.15) is 0 Å². The van der Waals surface area contributed by atoms with Gasteiger partial charge in [-0.3, -0.25) is 15.6 Å². The molecule has 110 valence electrons. The molecule has 6 nitrogen and oxygen atoms in total. The second-order valence-electron chi connectivity index (χ2n) is 4.13. The molecule has 1 amide bonds. The van der Waals surface area contributed by atoms with Crippen molar-refractivity contribution < 1.29 is 19.7 Å². The summed E-state index contributed by atoms with van der Waals surface area (Å²) in [5.74, 6) is -0.618. The molecule has 0 radical (unpaired) electrons. The first-order valence-electron chi connectivity index (χ1n) is 5.93. The molecule has 21 heavy (non-hydrogen) atoms. The summed E-state index contributed by atoms with van der Waals surface area (Å²) in [4.78, 5) is 12.1. The third-order valence-corrected chi connectivity index (χ3v) is 2.94. The highest BCUT2D eigenvalue weighted by molar-refractivity contribution is 6.31. The predicted molar refractivity (Wildman–Crippen MR) is 78.9 cm³/mol. The predicted octanol–water partition coefficient (Wildman–Crippen LogP) is 2.52. The number of aromatic hydroxyl groups is 2. The number of hydrogen-bond donors (Lipinski definition) is 4. The lowest BCUT2D eigenvalue weighted by molar-refractivity contribution is 0.0959. The quantitative estimate of drug-likeness (QED) is 0.396. The molecule has 2 aromatic rings. The number of anilines is 1. The number of hydrogen-bond acceptors (Lipinski definition) is 5. The summed E-state index contributed by atoms with van der Waals surface area (Å²) in [6.45, 7) is 0. The third kappa shape index (κ3) is 3.49. The summed E-state index contributed by atoms with van der Waals surface area (Å²) >= 11 is 5.86. The van der Waals surface area contributed by atoms with Gasteiger partial charge in [0.1, 0.15) is 5.75 Å². The van der Waals surface area contributed by atoms with Crippen molar-refractivity contribution in [1.82, 2.24) is 5.43 Å². The fourth-order valence-corrected chi connectivity index (χ4v) is 1.83. The molecule has 2 rings (SSSR count). The molecule has 0 aliphatic heterocycles. The van der Waals surface area contributed by atoms with Crippen molar-refractivity contribution in [3.8, 4) is 17.2 Å². The number of halogens is 1. The van der Waals surface area contributed by atoms with Crippen LogP contribution in [-0.4, -0.2) is 23.2 Å². The Bertz CT molecular complexity index is 676. The summed E-state index contributed by atoms with van der Waals surface area (Å²) < 4.78 is 5.09. The maximum absolute atomic E-state index is 12.1. The number of amides is 1. The van der Waals surface area contributed by atoms with Crippen LogP contribution in [0.1, 0.15) is 10.4 Å². The summed E-state index contributed by atoms with van der Waals surface area (Å²) in [6, 6.07) is 8.73. The summed E-state index contributed by atoms with van der Waals surface area (Å²) in [5.41, 5.74) is 5.72. The van der Waals surface area contributed by atoms with Gasteiger partial charge in [-0.15, -0.1) is 0 Å². The van der Waals surface area contributed by atoms with Gasteiger partial charge in [0.05, 0.1) is 18.4 Å². The molecule has 0 saturated heterocycles. The Morgan fingerprint density at radius 1 is 1.14 bits per heavy atom. The van der Waals surface area contributed by atoms with Crippen molar-refractivity contribution in [3.63, 3.8) is 0 Å². The Morgan fingerprint density at radius 2 is 1.90 bits per heavy atom. The van der Waals surface area contributed by atoms with Crippen LogP contribution in [0.25, 0.3) is 0 Å². The van der Waals surface area contributed by atoms with Crippen LogP contribution in [0, 0.1) is 0 Å². The van der Waals surface area contributed by atoms with Crippen molar-refractivity contribution in [2.24, 2.45) is 0 Å². The minimum absolute atomic E-state index is 0.247. The van der Waals surface area contributed by atoms with E-state index in [0.29, 0.717) is 16.5 Å². The number of phenolic OH excluding ortho intramolecular Hbond substituents is 2. The highest BCUT2D eigenvalue weighted by Crippen LogP contribution is 2.27. The minimum Gasteiger partial charge on any atom is -0.504 e. The lowest BCUT2D eigenvalue weighted by atomic mass is 10.2. The largest absolute Gasteiger partial charge is 0.504 e. The van der Waals surface area contributed by atoms with Crippen LogP contribution < -0.4 is 15.6 Å². The molecule has 0 heterocycles. The highest BCUT2D eigenvalue weighted by atomic mass is 35.5. The van der Waals surface area contributed by atoms with E-state index in [2.05, 4.69) is 10.9 Å². The molecule has 0 aromatic heterocycles. The fourth-order valence-electron chi connectivity index (χ4n) is 1.66. The standard InChI is InChI=1S/C14H13ClN2O4/c1-21-13-5-2-8(15)6-10(13)14(20)17-16-9-3-4-11(18)12(19)7-9/h2-7,16,18-19H,1H3,(H,17,20). The first kappa shape index (κ1) is 14.8. The van der Waals surface area contributed by atoms with E-state index in [1.807, 2.05) is 0 Å². The van der Waals surface area contributed by atoms with E-state index in [0.717, 1.165) is 0 Å². The van der Waals surface area contributed by atoms with E-state index in [1.54, 1.807) is 12.1 Å². The molecule has 2 aromatic carbocycles. The van der Waals surface area contributed by atoms with E-state index < -0.39 is 5.91 Å². The number of hydrazine groups is 1. The Labute approximate surface area is 125 Å². The second kappa shape index (κ2) is 6.23. The molecule has 4 N–H and O–H groups in total. The minimum atomic E-state index is -0.457. The Kier molecular flexibility index (Phi) is 4.39. The van der Waals surface area contributed by atoms with Crippen molar-refractivity contribution in [2.45, 2.75) is 0 Å². The number of carbonyl (C=O) groups is 1. The smallest absolute Gasteiger partial charge is 0.273 e. The summed E-state index contributed by atoms with van der Waals surface area (Å²) in [5, 5.41) is 19.0. The van der Waals surface area contributed by atoms with Gasteiger partial charge in [-0.05, 0) is 30.3 Å². The fraction of sp³-hybridized carbons (Fsp3) is 0.0714. The highest BCUT2D eigenvalue weighted by Gasteiger charge is 2.12. The normalized spacial score (nSPS) is 10.0. The van der Waals surface area contributed by atoms with Crippen molar-refractivity contribution in [3.05, 3.63) is 47.0 Å². The van der Waals surface area contributed by atoms with Gasteiger partial charge in [-0.1, -0.05) is 11.6 Å². The first-order valence-corrected chi connectivity index (χ1v) is 6.31. The van der Waals surface area contributed by atoms with E-state index in [-0.39, 0.29) is 17.1 Å². The van der Waals surface area contributed by atoms with Crippen molar-refractivity contribution in [1.29, 1.82) is 0 Å². The van der Waals surface area contributed by atoms with Crippen LogP contribution in [0.2, 0.25) is 5.02 Å². The molecule has 0 spiro atoms. The van der Waals surface area contributed by atoms with Crippen LogP contribution in [0.5, 0.6) is 17.2 Å². The van der Waals surface area contributed by atoms with Crippen LogP contribution in [-0.2, 0) is 0 Å². The van der Waals surface area contributed by atoms with E-state index >= 15 is 0 Å². The zero-order chi connectivity index (χ0) is 15.4. The third-order valence-electron chi connectivity index (χ3n) is 2.70. The molecule has 0 aliphatic rings. The van der Waals surface area contributed by atoms with E-state index in [4.69, 9.17) is 16.3 Å². The number of methoxy groups -OCH3 is 1. The zero-order valence-corrected chi connectivity index (χ0v) is 11.8. The van der Waals surface area contributed by atoms with E-state index in [9.17, 15) is 15.0 Å². The molecule has 0 saturated carbocycles. The molecule has 0 aliphatic carbocycles. The lowest BCUT2D eigenvalue weighted by Crippen LogP contribution is -2.29. The van der Waals surface area contributed by atoms with Gasteiger partial charge in [0.25, 0.3) is 5.91 Å². The van der Waals surface area contributed by atoms with Crippen molar-refractivity contribution in [2.75, 3.05) is 12.5 Å². The maximum atomic E-state index is 12.1. The number of benzene rings is 2. The average Bonchev–Trinajstić information content (AvgIpc) is 2.48. The van der Waals surface area contributed by atoms with Gasteiger partial charge in [0, 0.05) is 11.1 Å². The Hall–Kier alpha value is -2.60. The number of ether oxygens (including phenoxy) is 1. The van der Waals surface area contributed by atoms with E-state index in [1.165, 1.54) is 31.4 Å². The first-order chi connectivity index (χ1) is 10.0. The monoisotopic (exact) mass is 308 g/mol. The van der Waals surface area contributed by atoms with Gasteiger partial charge >= 0.3 is 0 Å². The molecule has 0 unspecified atom stereocenters.